The van der Waals surface area contributed by atoms with Crippen LogP contribution >= 0.6 is 0 Å². The average Bonchev–Trinajstić information content (AvgIpc) is 2.38. The van der Waals surface area contributed by atoms with Crippen LogP contribution in [0.3, 0.4) is 0 Å². The van der Waals surface area contributed by atoms with Gasteiger partial charge in [0.05, 0.1) is 4.92 Å². The van der Waals surface area contributed by atoms with Crippen molar-refractivity contribution in [3.63, 3.8) is 0 Å². The third-order valence-corrected chi connectivity index (χ3v) is 2.49. The standard InChI is InChI=1S/C13H8F3NO3/c14-13(15,16)20-12-7-6-10(8-11(12)17(18)19)9-4-2-1-3-5-9/h1-8H. The monoisotopic (exact) mass is 283 g/mol. The summed E-state index contributed by atoms with van der Waals surface area (Å²) in [7, 11) is 0. The van der Waals surface area contributed by atoms with Crippen LogP contribution in [0.5, 0.6) is 5.75 Å². The summed E-state index contributed by atoms with van der Waals surface area (Å²) in [6, 6.07) is 11.9. The maximum atomic E-state index is 12.2. The van der Waals surface area contributed by atoms with E-state index < -0.39 is 22.7 Å². The van der Waals surface area contributed by atoms with Crippen molar-refractivity contribution in [1.82, 2.24) is 0 Å². The number of rotatable bonds is 3. The molecule has 20 heavy (non-hydrogen) atoms. The van der Waals surface area contributed by atoms with Crippen LogP contribution in [-0.4, -0.2) is 11.3 Å². The van der Waals surface area contributed by atoms with Gasteiger partial charge in [-0.2, -0.15) is 0 Å². The summed E-state index contributed by atoms with van der Waals surface area (Å²) in [5.41, 5.74) is 0.365. The zero-order valence-electron chi connectivity index (χ0n) is 9.92. The van der Waals surface area contributed by atoms with Crippen molar-refractivity contribution in [2.24, 2.45) is 0 Å². The van der Waals surface area contributed by atoms with Gasteiger partial charge in [0.1, 0.15) is 0 Å². The highest BCUT2D eigenvalue weighted by Crippen LogP contribution is 2.35. The van der Waals surface area contributed by atoms with Gasteiger partial charge in [0, 0.05) is 6.07 Å². The number of hydrogen-bond acceptors (Lipinski definition) is 3. The normalized spacial score (nSPS) is 11.2. The molecule has 0 heterocycles. The Hall–Kier alpha value is -2.57. The first-order valence-corrected chi connectivity index (χ1v) is 5.46. The highest BCUT2D eigenvalue weighted by atomic mass is 19.4. The van der Waals surface area contributed by atoms with Gasteiger partial charge in [0.25, 0.3) is 0 Å². The van der Waals surface area contributed by atoms with Gasteiger partial charge in [-0.15, -0.1) is 13.2 Å². The molecule has 0 aliphatic carbocycles. The van der Waals surface area contributed by atoms with Gasteiger partial charge < -0.3 is 4.74 Å². The Balaban J connectivity index is 2.46. The molecule has 0 aromatic heterocycles. The van der Waals surface area contributed by atoms with E-state index in [1.165, 1.54) is 6.07 Å². The van der Waals surface area contributed by atoms with Gasteiger partial charge in [-0.1, -0.05) is 36.4 Å². The molecule has 0 saturated heterocycles. The average molecular weight is 283 g/mol. The second kappa shape index (κ2) is 5.20. The van der Waals surface area contributed by atoms with E-state index in [2.05, 4.69) is 4.74 Å². The van der Waals surface area contributed by atoms with Crippen molar-refractivity contribution in [3.05, 3.63) is 58.6 Å². The lowest BCUT2D eigenvalue weighted by molar-refractivity contribution is -0.388. The van der Waals surface area contributed by atoms with E-state index in [4.69, 9.17) is 0 Å². The highest BCUT2D eigenvalue weighted by Gasteiger charge is 2.34. The molecule has 4 nitrogen and oxygen atoms in total. The topological polar surface area (TPSA) is 52.4 Å². The predicted molar refractivity (Wildman–Crippen MR) is 65.2 cm³/mol. The van der Waals surface area contributed by atoms with Gasteiger partial charge in [-0.3, -0.25) is 10.1 Å². The third-order valence-electron chi connectivity index (χ3n) is 2.49. The molecule has 0 atom stereocenters. The first kappa shape index (κ1) is 13.9. The summed E-state index contributed by atoms with van der Waals surface area (Å²) in [5, 5.41) is 10.8. The second-order valence-electron chi connectivity index (χ2n) is 3.85. The van der Waals surface area contributed by atoms with E-state index in [-0.39, 0.29) is 0 Å². The van der Waals surface area contributed by atoms with Gasteiger partial charge in [-0.05, 0) is 17.2 Å². The van der Waals surface area contributed by atoms with Crippen molar-refractivity contribution in [2.45, 2.75) is 6.36 Å². The Morgan fingerprint density at radius 1 is 1.00 bits per heavy atom. The Morgan fingerprint density at radius 2 is 1.65 bits per heavy atom. The van der Waals surface area contributed by atoms with Gasteiger partial charge >= 0.3 is 12.0 Å². The lowest BCUT2D eigenvalue weighted by atomic mass is 10.1. The van der Waals surface area contributed by atoms with E-state index in [1.807, 2.05) is 0 Å². The number of halogens is 3. The minimum atomic E-state index is -4.97. The predicted octanol–water partition coefficient (Wildman–Crippen LogP) is 4.16. The van der Waals surface area contributed by atoms with Crippen molar-refractivity contribution in [2.75, 3.05) is 0 Å². The molecule has 7 heteroatoms. The molecule has 104 valence electrons. The van der Waals surface area contributed by atoms with Crippen molar-refractivity contribution in [3.8, 4) is 16.9 Å². The molecule has 0 radical (unpaired) electrons. The molecular weight excluding hydrogens is 275 g/mol. The number of nitro benzene ring substituents is 1. The van der Waals surface area contributed by atoms with Crippen LogP contribution in [0.25, 0.3) is 11.1 Å². The lowest BCUT2D eigenvalue weighted by Gasteiger charge is -2.10. The molecule has 2 rings (SSSR count). The fourth-order valence-electron chi connectivity index (χ4n) is 1.68. The number of alkyl halides is 3. The van der Waals surface area contributed by atoms with Crippen molar-refractivity contribution in [1.29, 1.82) is 0 Å². The van der Waals surface area contributed by atoms with Crippen LogP contribution in [-0.2, 0) is 0 Å². The van der Waals surface area contributed by atoms with Gasteiger partial charge in [-0.25, -0.2) is 0 Å². The number of benzene rings is 2. The van der Waals surface area contributed by atoms with E-state index in [0.29, 0.717) is 11.1 Å². The zero-order chi connectivity index (χ0) is 14.8. The Bertz CT molecular complexity index is 627. The Morgan fingerprint density at radius 3 is 2.20 bits per heavy atom. The highest BCUT2D eigenvalue weighted by molar-refractivity contribution is 5.68. The molecule has 0 N–H and O–H groups in total. The summed E-state index contributed by atoms with van der Waals surface area (Å²) in [4.78, 5) is 9.94. The summed E-state index contributed by atoms with van der Waals surface area (Å²) >= 11 is 0. The van der Waals surface area contributed by atoms with E-state index in [0.717, 1.165) is 12.1 Å². The summed E-state index contributed by atoms with van der Waals surface area (Å²) in [5.74, 6) is -0.831. The maximum absolute atomic E-state index is 12.2. The van der Waals surface area contributed by atoms with E-state index >= 15 is 0 Å². The molecule has 2 aromatic rings. The minimum absolute atomic E-state index is 0.437. The van der Waals surface area contributed by atoms with Crippen molar-refractivity contribution < 1.29 is 22.8 Å². The van der Waals surface area contributed by atoms with Gasteiger partial charge in [0.15, 0.2) is 0 Å². The molecule has 0 aliphatic heterocycles. The van der Waals surface area contributed by atoms with Crippen LogP contribution in [0.4, 0.5) is 18.9 Å². The minimum Gasteiger partial charge on any atom is -0.398 e. The van der Waals surface area contributed by atoms with E-state index in [1.54, 1.807) is 30.3 Å². The molecule has 2 aromatic carbocycles. The van der Waals surface area contributed by atoms with Crippen molar-refractivity contribution >= 4 is 5.69 Å². The Kier molecular flexibility index (Phi) is 3.60. The quantitative estimate of drug-likeness (QED) is 0.627. The molecule has 0 fully saturated rings. The molecule has 0 aliphatic rings. The van der Waals surface area contributed by atoms with Crippen LogP contribution in [0.15, 0.2) is 48.5 Å². The maximum Gasteiger partial charge on any atom is 0.573 e. The zero-order valence-corrected chi connectivity index (χ0v) is 9.92. The molecule has 0 bridgehead atoms. The fraction of sp³-hybridized carbons (Fsp3) is 0.0769. The SMILES string of the molecule is O=[N+]([O-])c1cc(-c2ccccc2)ccc1OC(F)(F)F. The smallest absolute Gasteiger partial charge is 0.398 e. The number of nitrogens with zero attached hydrogens (tertiary/aromatic N) is 1. The summed E-state index contributed by atoms with van der Waals surface area (Å²) < 4.78 is 40.1. The third kappa shape index (κ3) is 3.25. The molecule has 0 saturated carbocycles. The second-order valence-corrected chi connectivity index (χ2v) is 3.85. The first-order chi connectivity index (χ1) is 9.37. The summed E-state index contributed by atoms with van der Waals surface area (Å²) in [6.45, 7) is 0. The van der Waals surface area contributed by atoms with Crippen LogP contribution in [0, 0.1) is 10.1 Å². The Labute approximate surface area is 111 Å². The summed E-state index contributed by atoms with van der Waals surface area (Å²) in [6.07, 6.45) is -4.97. The first-order valence-electron chi connectivity index (χ1n) is 5.46. The largest absolute Gasteiger partial charge is 0.573 e. The number of ether oxygens (including phenoxy) is 1. The van der Waals surface area contributed by atoms with E-state index in [9.17, 15) is 23.3 Å². The van der Waals surface area contributed by atoms with Crippen LogP contribution < -0.4 is 4.74 Å². The lowest BCUT2D eigenvalue weighted by Crippen LogP contribution is -2.17. The molecule has 0 spiro atoms. The van der Waals surface area contributed by atoms with Gasteiger partial charge in [0.2, 0.25) is 5.75 Å². The molecule has 0 amide bonds. The van der Waals surface area contributed by atoms with Crippen LogP contribution in [0.1, 0.15) is 0 Å². The molecular formula is C13H8F3NO3. The fourth-order valence-corrected chi connectivity index (χ4v) is 1.68. The van der Waals surface area contributed by atoms with Crippen LogP contribution in [0.2, 0.25) is 0 Å². The molecule has 0 unspecified atom stereocenters. The number of nitro groups is 1. The number of hydrogen-bond donors (Lipinski definition) is 0.